The molecule has 20 heavy (non-hydrogen) atoms. The van der Waals surface area contributed by atoms with Gasteiger partial charge in [-0.2, -0.15) is 4.31 Å². The lowest BCUT2D eigenvalue weighted by atomic mass is 10.3. The van der Waals surface area contributed by atoms with Gasteiger partial charge in [0, 0.05) is 31.4 Å². The fourth-order valence-corrected chi connectivity index (χ4v) is 3.17. The topological polar surface area (TPSA) is 92.5 Å². The maximum absolute atomic E-state index is 12.4. The lowest BCUT2D eigenvalue weighted by Gasteiger charge is -2.21. The van der Waals surface area contributed by atoms with Crippen LogP contribution in [0.25, 0.3) is 0 Å². The molecule has 0 aliphatic heterocycles. The van der Waals surface area contributed by atoms with Gasteiger partial charge in [-0.05, 0) is 32.9 Å². The van der Waals surface area contributed by atoms with Crippen LogP contribution in [0.15, 0.2) is 23.1 Å². The highest BCUT2D eigenvalue weighted by molar-refractivity contribution is 7.89. The molecule has 0 unspecified atom stereocenters. The zero-order valence-electron chi connectivity index (χ0n) is 12.0. The van der Waals surface area contributed by atoms with E-state index in [9.17, 15) is 18.5 Å². The minimum absolute atomic E-state index is 0.289. The van der Waals surface area contributed by atoms with Gasteiger partial charge in [0.05, 0.1) is 4.92 Å². The molecule has 0 saturated heterocycles. The number of sulfonamides is 1. The van der Waals surface area contributed by atoms with Crippen molar-refractivity contribution in [1.29, 1.82) is 0 Å². The monoisotopic (exact) mass is 301 g/mol. The van der Waals surface area contributed by atoms with Crippen LogP contribution in [0.5, 0.6) is 0 Å². The van der Waals surface area contributed by atoms with Crippen LogP contribution in [0.1, 0.15) is 20.8 Å². The summed E-state index contributed by atoms with van der Waals surface area (Å²) in [6.45, 7) is 5.86. The van der Waals surface area contributed by atoms with E-state index in [1.165, 1.54) is 25.2 Å². The Kier molecular flexibility index (Phi) is 5.07. The molecule has 0 aliphatic rings. The lowest BCUT2D eigenvalue weighted by Crippen LogP contribution is -2.33. The fraction of sp³-hybridized carbons (Fsp3) is 0.500. The van der Waals surface area contributed by atoms with Crippen molar-refractivity contribution >= 4 is 21.4 Å². The number of nitro groups is 1. The Bertz CT molecular complexity index is 599. The van der Waals surface area contributed by atoms with Gasteiger partial charge in [0.1, 0.15) is 0 Å². The SMILES string of the molecule is CCNc1ccc([N+](=O)[O-])c(S(=O)(=O)N(C)C(C)C)c1. The fourth-order valence-electron chi connectivity index (χ4n) is 1.62. The Labute approximate surface area is 118 Å². The molecule has 0 bridgehead atoms. The summed E-state index contributed by atoms with van der Waals surface area (Å²) < 4.78 is 26.0. The van der Waals surface area contributed by atoms with E-state index in [0.717, 1.165) is 4.31 Å². The summed E-state index contributed by atoms with van der Waals surface area (Å²) in [6, 6.07) is 3.72. The third-order valence-corrected chi connectivity index (χ3v) is 4.98. The van der Waals surface area contributed by atoms with Gasteiger partial charge in [0.15, 0.2) is 4.90 Å². The van der Waals surface area contributed by atoms with Gasteiger partial charge in [0.2, 0.25) is 10.0 Å². The quantitative estimate of drug-likeness (QED) is 0.641. The molecule has 0 fully saturated rings. The molecule has 1 aromatic carbocycles. The first-order chi connectivity index (χ1) is 9.21. The van der Waals surface area contributed by atoms with E-state index in [4.69, 9.17) is 0 Å². The Morgan fingerprint density at radius 3 is 2.45 bits per heavy atom. The van der Waals surface area contributed by atoms with Crippen molar-refractivity contribution in [2.24, 2.45) is 0 Å². The van der Waals surface area contributed by atoms with Gasteiger partial charge in [-0.25, -0.2) is 8.42 Å². The zero-order chi connectivity index (χ0) is 15.5. The predicted molar refractivity (Wildman–Crippen MR) is 77.3 cm³/mol. The highest BCUT2D eigenvalue weighted by atomic mass is 32.2. The highest BCUT2D eigenvalue weighted by Gasteiger charge is 2.31. The Balaban J connectivity index is 3.47. The maximum atomic E-state index is 12.4. The van der Waals surface area contributed by atoms with Crippen LogP contribution in [0.3, 0.4) is 0 Å². The molecule has 0 atom stereocenters. The van der Waals surface area contributed by atoms with Crippen molar-refractivity contribution in [2.75, 3.05) is 18.9 Å². The molecule has 0 spiro atoms. The molecule has 7 nitrogen and oxygen atoms in total. The average molecular weight is 301 g/mol. The lowest BCUT2D eigenvalue weighted by molar-refractivity contribution is -0.387. The first-order valence-electron chi connectivity index (χ1n) is 6.22. The van der Waals surface area contributed by atoms with E-state index >= 15 is 0 Å². The number of anilines is 1. The van der Waals surface area contributed by atoms with E-state index in [-0.39, 0.29) is 10.9 Å². The molecule has 0 aliphatic carbocycles. The molecule has 1 N–H and O–H groups in total. The van der Waals surface area contributed by atoms with Crippen molar-refractivity contribution < 1.29 is 13.3 Å². The number of nitro benzene ring substituents is 1. The number of nitrogens with one attached hydrogen (secondary N) is 1. The van der Waals surface area contributed by atoms with Crippen LogP contribution < -0.4 is 5.32 Å². The van der Waals surface area contributed by atoms with E-state index in [1.54, 1.807) is 13.8 Å². The van der Waals surface area contributed by atoms with Gasteiger partial charge >= 0.3 is 0 Å². The standard InChI is InChI=1S/C12H19N3O4S/c1-5-13-10-6-7-11(15(16)17)12(8-10)20(18,19)14(4)9(2)3/h6-9,13H,5H2,1-4H3. The third-order valence-electron chi connectivity index (χ3n) is 2.92. The summed E-state index contributed by atoms with van der Waals surface area (Å²) in [6.07, 6.45) is 0. The number of rotatable bonds is 6. The van der Waals surface area contributed by atoms with Crippen LogP contribution in [0.2, 0.25) is 0 Å². The molecular formula is C12H19N3O4S. The minimum atomic E-state index is -3.90. The largest absolute Gasteiger partial charge is 0.385 e. The van der Waals surface area contributed by atoms with Gasteiger partial charge in [0.25, 0.3) is 5.69 Å². The van der Waals surface area contributed by atoms with Gasteiger partial charge in [-0.15, -0.1) is 0 Å². The molecule has 0 saturated carbocycles. The van der Waals surface area contributed by atoms with Crippen LogP contribution in [-0.4, -0.2) is 37.3 Å². The summed E-state index contributed by atoms with van der Waals surface area (Å²) in [4.78, 5) is 10.1. The molecule has 112 valence electrons. The van der Waals surface area contributed by atoms with Crippen LogP contribution in [0.4, 0.5) is 11.4 Å². The second-order valence-corrected chi connectivity index (χ2v) is 6.55. The summed E-state index contributed by atoms with van der Waals surface area (Å²) >= 11 is 0. The second kappa shape index (κ2) is 6.19. The molecule has 0 aromatic heterocycles. The van der Waals surface area contributed by atoms with Crippen molar-refractivity contribution in [3.05, 3.63) is 28.3 Å². The highest BCUT2D eigenvalue weighted by Crippen LogP contribution is 2.29. The summed E-state index contributed by atoms with van der Waals surface area (Å²) in [5.74, 6) is 0. The molecule has 0 amide bonds. The van der Waals surface area contributed by atoms with E-state index in [2.05, 4.69) is 5.32 Å². The Hall–Kier alpha value is -1.67. The number of nitrogens with zero attached hydrogens (tertiary/aromatic N) is 2. The van der Waals surface area contributed by atoms with Crippen molar-refractivity contribution in [2.45, 2.75) is 31.7 Å². The number of benzene rings is 1. The molecule has 1 rings (SSSR count). The minimum Gasteiger partial charge on any atom is -0.385 e. The van der Waals surface area contributed by atoms with Gasteiger partial charge in [-0.3, -0.25) is 10.1 Å². The van der Waals surface area contributed by atoms with Crippen LogP contribution in [0, 0.1) is 10.1 Å². The Morgan fingerprint density at radius 2 is 2.00 bits per heavy atom. The predicted octanol–water partition coefficient (Wildman–Crippen LogP) is 2.06. The summed E-state index contributed by atoms with van der Waals surface area (Å²) in [7, 11) is -2.50. The van der Waals surface area contributed by atoms with Gasteiger partial charge < -0.3 is 5.32 Å². The number of hydrogen-bond donors (Lipinski definition) is 1. The Morgan fingerprint density at radius 1 is 1.40 bits per heavy atom. The van der Waals surface area contributed by atoms with E-state index < -0.39 is 20.6 Å². The van der Waals surface area contributed by atoms with E-state index in [1.807, 2.05) is 6.92 Å². The first-order valence-corrected chi connectivity index (χ1v) is 7.66. The third kappa shape index (κ3) is 3.26. The first kappa shape index (κ1) is 16.4. The second-order valence-electron chi connectivity index (χ2n) is 4.58. The van der Waals surface area contributed by atoms with E-state index in [0.29, 0.717) is 12.2 Å². The summed E-state index contributed by atoms with van der Waals surface area (Å²) in [5, 5.41) is 14.0. The maximum Gasteiger partial charge on any atom is 0.289 e. The van der Waals surface area contributed by atoms with Crippen LogP contribution in [-0.2, 0) is 10.0 Å². The van der Waals surface area contributed by atoms with Crippen molar-refractivity contribution in [3.63, 3.8) is 0 Å². The molecule has 1 aromatic rings. The van der Waals surface area contributed by atoms with Gasteiger partial charge in [-0.1, -0.05) is 0 Å². The van der Waals surface area contributed by atoms with Crippen LogP contribution >= 0.6 is 0 Å². The number of hydrogen-bond acceptors (Lipinski definition) is 5. The van der Waals surface area contributed by atoms with Crippen molar-refractivity contribution in [1.82, 2.24) is 4.31 Å². The molecule has 0 radical (unpaired) electrons. The molecule has 8 heteroatoms. The normalized spacial score (nSPS) is 11.9. The average Bonchev–Trinajstić information content (AvgIpc) is 2.37. The molecular weight excluding hydrogens is 282 g/mol. The summed E-state index contributed by atoms with van der Waals surface area (Å²) in [5.41, 5.74) is 0.119. The smallest absolute Gasteiger partial charge is 0.289 e. The zero-order valence-corrected chi connectivity index (χ0v) is 12.8. The molecule has 0 heterocycles. The van der Waals surface area contributed by atoms with Crippen molar-refractivity contribution in [3.8, 4) is 0 Å².